The van der Waals surface area contributed by atoms with Crippen LogP contribution in [0.5, 0.6) is 0 Å². The van der Waals surface area contributed by atoms with Crippen molar-refractivity contribution in [3.8, 4) is 0 Å². The summed E-state index contributed by atoms with van der Waals surface area (Å²) in [5.41, 5.74) is 0.310. The molecule has 5 amide bonds. The van der Waals surface area contributed by atoms with E-state index in [9.17, 15) is 37.1 Å². The lowest BCUT2D eigenvalue weighted by atomic mass is 9.78. The van der Waals surface area contributed by atoms with Crippen LogP contribution in [0.15, 0.2) is 49.1 Å². The summed E-state index contributed by atoms with van der Waals surface area (Å²) in [6.07, 6.45) is 3.89. The Morgan fingerprint density at radius 3 is 2.36 bits per heavy atom. The third kappa shape index (κ3) is 13.0. The van der Waals surface area contributed by atoms with Gasteiger partial charge in [0.1, 0.15) is 18.2 Å². The van der Waals surface area contributed by atoms with E-state index < -0.39 is 23.7 Å². The van der Waals surface area contributed by atoms with Gasteiger partial charge in [0, 0.05) is 74.8 Å². The van der Waals surface area contributed by atoms with Gasteiger partial charge in [-0.15, -0.1) is 0 Å². The molecule has 0 unspecified atom stereocenters. The van der Waals surface area contributed by atoms with Crippen LogP contribution < -0.4 is 21.3 Å². The van der Waals surface area contributed by atoms with Crippen molar-refractivity contribution in [2.75, 3.05) is 72.1 Å². The Balaban J connectivity index is 0.772. The highest BCUT2D eigenvalue weighted by Crippen LogP contribution is 2.38. The topological polar surface area (TPSA) is 210 Å². The van der Waals surface area contributed by atoms with Gasteiger partial charge in [0.05, 0.1) is 74.8 Å². The van der Waals surface area contributed by atoms with Crippen molar-refractivity contribution >= 4 is 46.3 Å². The summed E-state index contributed by atoms with van der Waals surface area (Å²) in [4.78, 5) is 83.8. The highest BCUT2D eigenvalue weighted by atomic mass is 19.4. The molecule has 1 aromatic carbocycles. The van der Waals surface area contributed by atoms with E-state index in [0.717, 1.165) is 24.1 Å². The minimum absolute atomic E-state index is 0.0891. The molecule has 2 saturated heterocycles. The van der Waals surface area contributed by atoms with Crippen LogP contribution in [-0.2, 0) is 44.4 Å². The largest absolute Gasteiger partial charge is 0.416 e. The zero-order valence-electron chi connectivity index (χ0n) is 39.7. The van der Waals surface area contributed by atoms with Gasteiger partial charge in [-0.1, -0.05) is 6.07 Å². The van der Waals surface area contributed by atoms with E-state index in [2.05, 4.69) is 62.0 Å². The number of pyridine rings is 1. The van der Waals surface area contributed by atoms with Crippen molar-refractivity contribution in [1.82, 2.24) is 45.6 Å². The molecule has 69 heavy (non-hydrogen) atoms. The molecule has 2 saturated carbocycles. The Bertz CT molecular complexity index is 2250. The van der Waals surface area contributed by atoms with Crippen LogP contribution in [0.1, 0.15) is 82.4 Å². The normalized spacial score (nSPS) is 25.1. The molecule has 0 spiro atoms. The zero-order chi connectivity index (χ0) is 49.2. The van der Waals surface area contributed by atoms with Crippen molar-refractivity contribution < 1.29 is 51.4 Å². The number of hydrogen-bond donors (Lipinski definition) is 4. The molecular weight excluding hydrogens is 902 g/mol. The number of alkyl halides is 3. The van der Waals surface area contributed by atoms with Crippen molar-refractivity contribution in [2.24, 2.45) is 11.8 Å². The van der Waals surface area contributed by atoms with Crippen molar-refractivity contribution in [3.63, 3.8) is 0 Å². The predicted octanol–water partition coefficient (Wildman–Crippen LogP) is 3.47. The number of hydrogen-bond acceptors (Lipinski definition) is 13. The Morgan fingerprint density at radius 2 is 1.65 bits per heavy atom. The number of benzene rings is 1. The van der Waals surface area contributed by atoms with Gasteiger partial charge in [-0.3, -0.25) is 29.0 Å². The maximum Gasteiger partial charge on any atom is 0.416 e. The van der Waals surface area contributed by atoms with Crippen molar-refractivity contribution in [1.29, 1.82) is 0 Å². The number of likely N-dealkylation sites (tertiary alicyclic amines) is 2. The molecule has 3 aromatic rings. The molecule has 7 rings (SSSR count). The van der Waals surface area contributed by atoms with Crippen LogP contribution in [0, 0.1) is 11.8 Å². The SMILES string of the molecule is CC(C)N(C)[C@@H]1CC[C@H](N2CC[C@H](Nc3ncnc4ccc(C(F)(F)F)cc34)C2=O)[C@H](NC(=O)[C@H]2C[C@H](NC(=O)CCOCCOCCOCCNC(=O)[C@H]3CC(=O)N(C)[C@@H]3c3cccnc3)C2)C1. The third-order valence-electron chi connectivity index (χ3n) is 14.0. The van der Waals surface area contributed by atoms with Gasteiger partial charge in [0.25, 0.3) is 0 Å². The van der Waals surface area contributed by atoms with E-state index >= 15 is 0 Å². The second-order valence-electron chi connectivity index (χ2n) is 18.7. The molecule has 18 nitrogen and oxygen atoms in total. The summed E-state index contributed by atoms with van der Waals surface area (Å²) >= 11 is 0. The van der Waals surface area contributed by atoms with Crippen LogP contribution in [0.2, 0.25) is 0 Å². The molecule has 21 heteroatoms. The number of aromatic nitrogens is 3. The summed E-state index contributed by atoms with van der Waals surface area (Å²) in [6, 6.07) is 5.57. The third-order valence-corrected chi connectivity index (χ3v) is 14.0. The molecular formula is C48H65F3N10O8. The first-order valence-electron chi connectivity index (χ1n) is 24.0. The molecule has 0 bridgehead atoms. The summed E-state index contributed by atoms with van der Waals surface area (Å²) in [5.74, 6) is -1.41. The average molecular weight is 967 g/mol. The monoisotopic (exact) mass is 966 g/mol. The minimum Gasteiger partial charge on any atom is -0.379 e. The zero-order valence-corrected chi connectivity index (χ0v) is 39.7. The van der Waals surface area contributed by atoms with E-state index in [1.165, 1.54) is 12.4 Å². The summed E-state index contributed by atoms with van der Waals surface area (Å²) in [5, 5.41) is 12.4. The highest BCUT2D eigenvalue weighted by molar-refractivity contribution is 5.93. The second-order valence-corrected chi connectivity index (χ2v) is 18.7. The smallest absolute Gasteiger partial charge is 0.379 e. The van der Waals surface area contributed by atoms with Crippen LogP contribution >= 0.6 is 0 Å². The highest BCUT2D eigenvalue weighted by Gasteiger charge is 2.46. The number of carbonyl (C=O) groups excluding carboxylic acids is 5. The van der Waals surface area contributed by atoms with Crippen LogP contribution in [-0.4, -0.2) is 162 Å². The molecule has 2 aliphatic heterocycles. The van der Waals surface area contributed by atoms with Gasteiger partial charge in [-0.05, 0) is 89.2 Å². The number of ether oxygens (including phenoxy) is 3. The number of nitrogens with one attached hydrogen (secondary N) is 4. The molecule has 0 radical (unpaired) electrons. The lowest BCUT2D eigenvalue weighted by Crippen LogP contribution is -2.60. The average Bonchev–Trinajstić information content (AvgIpc) is 3.83. The molecule has 4 N–H and O–H groups in total. The first-order chi connectivity index (χ1) is 33.1. The summed E-state index contributed by atoms with van der Waals surface area (Å²) in [6.45, 7) is 6.70. The fraction of sp³-hybridized carbons (Fsp3) is 0.625. The maximum atomic E-state index is 14.0. The van der Waals surface area contributed by atoms with Crippen LogP contribution in [0.25, 0.3) is 10.9 Å². The van der Waals surface area contributed by atoms with Gasteiger partial charge in [0.2, 0.25) is 29.5 Å². The fourth-order valence-corrected chi connectivity index (χ4v) is 9.88. The molecule has 4 fully saturated rings. The van der Waals surface area contributed by atoms with Gasteiger partial charge >= 0.3 is 6.18 Å². The minimum atomic E-state index is -4.55. The van der Waals surface area contributed by atoms with E-state index in [0.29, 0.717) is 77.1 Å². The molecule has 376 valence electrons. The number of rotatable bonds is 22. The number of anilines is 1. The summed E-state index contributed by atoms with van der Waals surface area (Å²) in [7, 11) is 3.76. The van der Waals surface area contributed by atoms with E-state index in [1.54, 1.807) is 35.3 Å². The maximum absolute atomic E-state index is 14.0. The van der Waals surface area contributed by atoms with Crippen LogP contribution in [0.3, 0.4) is 0 Å². The van der Waals surface area contributed by atoms with E-state index in [-0.39, 0.29) is 109 Å². The standard InChI is InChI=1S/C48H65F3N10O8/c1-29(2)59(3)34-8-10-40(61-15-11-38(47(61)66)57-44-35-24-32(48(49,50)51)7-9-37(35)54-28-55-44)39(25-34)58-45(64)31-22-33(23-31)56-41(62)12-16-67-18-20-69-21-19-68-17-14-53-46(65)36-26-42(63)60(4)43(36)30-6-5-13-52-27-30/h5-7,9,13,24,27-29,31,33-34,36,38-40,43H,8,10-12,14-23,25-26H2,1-4H3,(H,53,65)(H,56,62)(H,58,64)(H,54,55,57)/t31-,33-,34-,36+,38+,39-,40+,43-/m1/s1. The molecule has 4 aliphatic rings. The molecule has 6 atom stereocenters. The van der Waals surface area contributed by atoms with Gasteiger partial charge in [0.15, 0.2) is 0 Å². The Morgan fingerprint density at radius 1 is 0.913 bits per heavy atom. The Hall–Kier alpha value is -5.51. The van der Waals surface area contributed by atoms with E-state index in [4.69, 9.17) is 14.2 Å². The van der Waals surface area contributed by atoms with Gasteiger partial charge in [-0.2, -0.15) is 13.2 Å². The fourth-order valence-electron chi connectivity index (χ4n) is 9.88. The van der Waals surface area contributed by atoms with Crippen molar-refractivity contribution in [2.45, 2.75) is 114 Å². The van der Waals surface area contributed by atoms with Crippen LogP contribution in [0.4, 0.5) is 19.0 Å². The van der Waals surface area contributed by atoms with Gasteiger partial charge in [-0.25, -0.2) is 9.97 Å². The second kappa shape index (κ2) is 23.4. The quantitative estimate of drug-likeness (QED) is 0.107. The molecule has 4 heterocycles. The summed E-state index contributed by atoms with van der Waals surface area (Å²) < 4.78 is 57.4. The number of fused-ring (bicyclic) bond motifs is 1. The van der Waals surface area contributed by atoms with E-state index in [1.807, 2.05) is 6.07 Å². The number of halogens is 3. The molecule has 2 aliphatic carbocycles. The first-order valence-corrected chi connectivity index (χ1v) is 24.0. The first kappa shape index (κ1) is 51.3. The van der Waals surface area contributed by atoms with Crippen molar-refractivity contribution in [3.05, 3.63) is 60.2 Å². The predicted molar refractivity (Wildman–Crippen MR) is 247 cm³/mol. The molecule has 2 aromatic heterocycles. The number of amides is 5. The number of nitrogens with zero attached hydrogens (tertiary/aromatic N) is 6. The number of carbonyl (C=O) groups is 5. The Kier molecular flexibility index (Phi) is 17.4. The van der Waals surface area contributed by atoms with Gasteiger partial charge < -0.3 is 50.2 Å². The lowest BCUT2D eigenvalue weighted by Gasteiger charge is -2.45. The lowest BCUT2D eigenvalue weighted by molar-refractivity contribution is -0.137. The Labute approximate surface area is 400 Å².